The van der Waals surface area contributed by atoms with E-state index in [1.807, 2.05) is 19.1 Å². The Kier molecular flexibility index (Phi) is 4.15. The highest BCUT2D eigenvalue weighted by molar-refractivity contribution is 6.32. The van der Waals surface area contributed by atoms with E-state index < -0.39 is 0 Å². The molecule has 0 bridgehead atoms. The Labute approximate surface area is 122 Å². The van der Waals surface area contributed by atoms with Gasteiger partial charge in [0.25, 0.3) is 5.91 Å². The molecule has 0 saturated heterocycles. The summed E-state index contributed by atoms with van der Waals surface area (Å²) >= 11 is 6.07. The Hall–Kier alpha value is -2.20. The summed E-state index contributed by atoms with van der Waals surface area (Å²) in [6.07, 6.45) is 0. The number of carbonyl (C=O) groups excluding carboxylic acids is 1. The number of benzene rings is 2. The largest absolute Gasteiger partial charge is 0.454 e. The summed E-state index contributed by atoms with van der Waals surface area (Å²) in [7, 11) is 1.56. The quantitative estimate of drug-likeness (QED) is 0.852. The summed E-state index contributed by atoms with van der Waals surface area (Å²) < 4.78 is 5.70. The Bertz CT molecular complexity index is 656. The van der Waals surface area contributed by atoms with Gasteiger partial charge in [-0.05, 0) is 42.8 Å². The molecule has 1 amide bonds. The minimum Gasteiger partial charge on any atom is -0.454 e. The van der Waals surface area contributed by atoms with Crippen molar-refractivity contribution in [2.24, 2.45) is 0 Å². The molecule has 0 fully saturated rings. The van der Waals surface area contributed by atoms with Crippen LogP contribution < -0.4 is 15.8 Å². The highest BCUT2D eigenvalue weighted by Gasteiger charge is 2.10. The first kappa shape index (κ1) is 14.2. The number of anilines is 1. The van der Waals surface area contributed by atoms with E-state index in [4.69, 9.17) is 22.1 Å². The van der Waals surface area contributed by atoms with Gasteiger partial charge in [0.2, 0.25) is 0 Å². The maximum absolute atomic E-state index is 11.5. The number of rotatable bonds is 3. The average Bonchev–Trinajstić information content (AvgIpc) is 2.44. The van der Waals surface area contributed by atoms with Crippen molar-refractivity contribution in [1.29, 1.82) is 0 Å². The van der Waals surface area contributed by atoms with Gasteiger partial charge in [0.05, 0.1) is 10.7 Å². The van der Waals surface area contributed by atoms with Crippen LogP contribution in [0, 0.1) is 6.92 Å². The lowest BCUT2D eigenvalue weighted by atomic mass is 10.1. The summed E-state index contributed by atoms with van der Waals surface area (Å²) in [6, 6.07) is 10.4. The molecule has 0 aliphatic rings. The predicted octanol–water partition coefficient (Wildman–Crippen LogP) is 3.38. The van der Waals surface area contributed by atoms with Gasteiger partial charge in [0.15, 0.2) is 0 Å². The topological polar surface area (TPSA) is 64.3 Å². The van der Waals surface area contributed by atoms with Gasteiger partial charge in [0.1, 0.15) is 11.5 Å². The number of hydrogen-bond acceptors (Lipinski definition) is 3. The van der Waals surface area contributed by atoms with E-state index in [1.54, 1.807) is 31.3 Å². The first-order chi connectivity index (χ1) is 9.51. The second kappa shape index (κ2) is 5.84. The van der Waals surface area contributed by atoms with Gasteiger partial charge >= 0.3 is 0 Å². The number of hydrogen-bond donors (Lipinski definition) is 2. The standard InChI is InChI=1S/C15H15ClN2O2/c1-9-3-5-11(16)14(7-9)20-13-6-4-10(8-12(13)17)15(19)18-2/h3-8H,17H2,1-2H3,(H,18,19). The molecule has 104 valence electrons. The number of nitrogens with one attached hydrogen (secondary N) is 1. The number of ether oxygens (including phenoxy) is 1. The summed E-state index contributed by atoms with van der Waals surface area (Å²) in [5.41, 5.74) is 7.79. The van der Waals surface area contributed by atoms with Crippen LogP contribution in [-0.4, -0.2) is 13.0 Å². The number of carbonyl (C=O) groups is 1. The lowest BCUT2D eigenvalue weighted by Gasteiger charge is -2.11. The summed E-state index contributed by atoms with van der Waals surface area (Å²) in [4.78, 5) is 11.5. The molecule has 2 aromatic rings. The Morgan fingerprint density at radius 3 is 2.60 bits per heavy atom. The molecular weight excluding hydrogens is 276 g/mol. The summed E-state index contributed by atoms with van der Waals surface area (Å²) in [5, 5.41) is 3.04. The third kappa shape index (κ3) is 3.03. The fraction of sp³-hybridized carbons (Fsp3) is 0.133. The van der Waals surface area contributed by atoms with E-state index in [9.17, 15) is 4.79 Å². The van der Waals surface area contributed by atoms with Crippen LogP contribution in [0.4, 0.5) is 5.69 Å². The van der Waals surface area contributed by atoms with Crippen LogP contribution in [0.25, 0.3) is 0 Å². The number of aryl methyl sites for hydroxylation is 1. The van der Waals surface area contributed by atoms with Crippen molar-refractivity contribution in [3.63, 3.8) is 0 Å². The van der Waals surface area contributed by atoms with Gasteiger partial charge < -0.3 is 15.8 Å². The van der Waals surface area contributed by atoms with Gasteiger partial charge in [-0.2, -0.15) is 0 Å². The minimum atomic E-state index is -0.197. The lowest BCUT2D eigenvalue weighted by molar-refractivity contribution is 0.0963. The van der Waals surface area contributed by atoms with E-state index >= 15 is 0 Å². The predicted molar refractivity (Wildman–Crippen MR) is 80.5 cm³/mol. The molecule has 0 heterocycles. The molecule has 5 heteroatoms. The van der Waals surface area contributed by atoms with Crippen molar-refractivity contribution in [3.8, 4) is 11.5 Å². The zero-order valence-electron chi connectivity index (χ0n) is 11.2. The number of nitrogen functional groups attached to an aromatic ring is 1. The van der Waals surface area contributed by atoms with Crippen molar-refractivity contribution in [2.75, 3.05) is 12.8 Å². The van der Waals surface area contributed by atoms with Gasteiger partial charge in [-0.3, -0.25) is 4.79 Å². The summed E-state index contributed by atoms with van der Waals surface area (Å²) in [6.45, 7) is 1.95. The molecule has 0 aliphatic heterocycles. The molecule has 2 rings (SSSR count). The normalized spacial score (nSPS) is 10.2. The van der Waals surface area contributed by atoms with Crippen LogP contribution >= 0.6 is 11.6 Å². The smallest absolute Gasteiger partial charge is 0.251 e. The van der Waals surface area contributed by atoms with Crippen molar-refractivity contribution in [3.05, 3.63) is 52.5 Å². The van der Waals surface area contributed by atoms with E-state index in [0.717, 1.165) is 5.56 Å². The number of halogens is 1. The maximum Gasteiger partial charge on any atom is 0.251 e. The fourth-order valence-electron chi connectivity index (χ4n) is 1.73. The van der Waals surface area contributed by atoms with E-state index in [-0.39, 0.29) is 5.91 Å². The van der Waals surface area contributed by atoms with E-state index in [2.05, 4.69) is 5.32 Å². The van der Waals surface area contributed by atoms with Crippen LogP contribution in [0.3, 0.4) is 0 Å². The molecular formula is C15H15ClN2O2. The monoisotopic (exact) mass is 290 g/mol. The Balaban J connectivity index is 2.30. The second-order valence-corrected chi connectivity index (χ2v) is 4.77. The molecule has 0 aromatic heterocycles. The number of amides is 1. The van der Waals surface area contributed by atoms with Crippen molar-refractivity contribution < 1.29 is 9.53 Å². The zero-order valence-corrected chi connectivity index (χ0v) is 12.0. The van der Waals surface area contributed by atoms with Gasteiger partial charge in [-0.1, -0.05) is 17.7 Å². The Morgan fingerprint density at radius 1 is 1.20 bits per heavy atom. The molecule has 0 aliphatic carbocycles. The van der Waals surface area contributed by atoms with Crippen LogP contribution in [0.5, 0.6) is 11.5 Å². The zero-order chi connectivity index (χ0) is 14.7. The van der Waals surface area contributed by atoms with Crippen LogP contribution in [-0.2, 0) is 0 Å². The van der Waals surface area contributed by atoms with Crippen molar-refractivity contribution >= 4 is 23.2 Å². The highest BCUT2D eigenvalue weighted by Crippen LogP contribution is 2.33. The third-order valence-corrected chi connectivity index (χ3v) is 3.12. The van der Waals surface area contributed by atoms with Crippen LogP contribution in [0.15, 0.2) is 36.4 Å². The molecule has 2 aromatic carbocycles. The molecule has 0 atom stereocenters. The van der Waals surface area contributed by atoms with E-state index in [0.29, 0.717) is 27.8 Å². The highest BCUT2D eigenvalue weighted by atomic mass is 35.5. The first-order valence-electron chi connectivity index (χ1n) is 6.07. The number of nitrogens with two attached hydrogens (primary N) is 1. The molecule has 20 heavy (non-hydrogen) atoms. The van der Waals surface area contributed by atoms with Crippen LogP contribution in [0.1, 0.15) is 15.9 Å². The van der Waals surface area contributed by atoms with Crippen molar-refractivity contribution in [2.45, 2.75) is 6.92 Å². The molecule has 0 unspecified atom stereocenters. The maximum atomic E-state index is 11.5. The van der Waals surface area contributed by atoms with Gasteiger partial charge in [-0.25, -0.2) is 0 Å². The molecule has 0 radical (unpaired) electrons. The van der Waals surface area contributed by atoms with Gasteiger partial charge in [0, 0.05) is 12.6 Å². The molecule has 0 saturated carbocycles. The summed E-state index contributed by atoms with van der Waals surface area (Å²) in [5.74, 6) is 0.799. The Morgan fingerprint density at radius 2 is 1.95 bits per heavy atom. The molecule has 3 N–H and O–H groups in total. The average molecular weight is 291 g/mol. The SMILES string of the molecule is CNC(=O)c1ccc(Oc2cc(C)ccc2Cl)c(N)c1. The van der Waals surface area contributed by atoms with Crippen LogP contribution in [0.2, 0.25) is 5.02 Å². The van der Waals surface area contributed by atoms with Gasteiger partial charge in [-0.15, -0.1) is 0 Å². The minimum absolute atomic E-state index is 0.197. The molecule has 4 nitrogen and oxygen atoms in total. The second-order valence-electron chi connectivity index (χ2n) is 4.37. The van der Waals surface area contributed by atoms with Crippen molar-refractivity contribution in [1.82, 2.24) is 5.32 Å². The lowest BCUT2D eigenvalue weighted by Crippen LogP contribution is -2.17. The molecule has 0 spiro atoms. The fourth-order valence-corrected chi connectivity index (χ4v) is 1.89. The third-order valence-electron chi connectivity index (χ3n) is 2.81. The van der Waals surface area contributed by atoms with E-state index in [1.165, 1.54) is 0 Å². The first-order valence-corrected chi connectivity index (χ1v) is 6.44.